The van der Waals surface area contributed by atoms with Crippen LogP contribution in [0.25, 0.3) is 0 Å². The highest BCUT2D eigenvalue weighted by molar-refractivity contribution is 6.31. The Morgan fingerprint density at radius 2 is 1.96 bits per heavy atom. The van der Waals surface area contributed by atoms with Crippen molar-refractivity contribution in [3.8, 4) is 0 Å². The van der Waals surface area contributed by atoms with Crippen LogP contribution in [0, 0.1) is 6.92 Å². The summed E-state index contributed by atoms with van der Waals surface area (Å²) in [6.07, 6.45) is 0.0914. The van der Waals surface area contributed by atoms with E-state index in [1.165, 1.54) is 0 Å². The van der Waals surface area contributed by atoms with E-state index in [1.54, 1.807) is 4.90 Å². The Morgan fingerprint density at radius 3 is 2.56 bits per heavy atom. The first-order valence-electron chi connectivity index (χ1n) is 8.66. The molecule has 0 aromatic heterocycles. The largest absolute Gasteiger partial charge is 0.444 e. The summed E-state index contributed by atoms with van der Waals surface area (Å²) in [5.41, 5.74) is 1.31. The quantitative estimate of drug-likeness (QED) is 0.788. The van der Waals surface area contributed by atoms with E-state index >= 15 is 0 Å². The molecule has 0 N–H and O–H groups in total. The second-order valence-electron chi connectivity index (χ2n) is 7.34. The third-order valence-corrected chi connectivity index (χ3v) is 4.74. The number of carbonyl (C=O) groups excluding carboxylic acids is 2. The Morgan fingerprint density at radius 1 is 1.28 bits per heavy atom. The van der Waals surface area contributed by atoms with Gasteiger partial charge in [-0.1, -0.05) is 30.7 Å². The number of hydrogen-bond donors (Lipinski definition) is 0. The van der Waals surface area contributed by atoms with E-state index in [0.717, 1.165) is 11.1 Å². The number of piperazine rings is 1. The van der Waals surface area contributed by atoms with Gasteiger partial charge >= 0.3 is 6.09 Å². The van der Waals surface area contributed by atoms with Gasteiger partial charge in [-0.05, 0) is 44.9 Å². The number of ether oxygens (including phenoxy) is 1. The average Bonchev–Trinajstić information content (AvgIpc) is 2.54. The molecule has 5 nitrogen and oxygen atoms in total. The van der Waals surface area contributed by atoms with Gasteiger partial charge in [0, 0.05) is 31.1 Å². The molecule has 1 aliphatic heterocycles. The molecule has 1 aromatic carbocycles. The minimum atomic E-state index is -0.568. The SMILES string of the molecule is CCC(=O)N1CCN(C(=O)OC(C)(C)C)C(c2cccc(Cl)c2C)C1. The molecule has 1 fully saturated rings. The van der Waals surface area contributed by atoms with E-state index in [0.29, 0.717) is 31.1 Å². The fourth-order valence-corrected chi connectivity index (χ4v) is 3.21. The first kappa shape index (κ1) is 19.6. The van der Waals surface area contributed by atoms with Gasteiger partial charge in [-0.15, -0.1) is 0 Å². The zero-order chi connectivity index (χ0) is 18.8. The van der Waals surface area contributed by atoms with Crippen molar-refractivity contribution in [1.82, 2.24) is 9.80 Å². The number of rotatable bonds is 2. The lowest BCUT2D eigenvalue weighted by atomic mass is 9.97. The van der Waals surface area contributed by atoms with Gasteiger partial charge in [0.2, 0.25) is 5.91 Å². The average molecular weight is 367 g/mol. The van der Waals surface area contributed by atoms with Crippen LogP contribution >= 0.6 is 11.6 Å². The molecule has 2 rings (SSSR count). The van der Waals surface area contributed by atoms with Crippen LogP contribution in [0.3, 0.4) is 0 Å². The maximum atomic E-state index is 12.7. The summed E-state index contributed by atoms with van der Waals surface area (Å²) in [5, 5.41) is 0.653. The predicted molar refractivity (Wildman–Crippen MR) is 98.7 cm³/mol. The van der Waals surface area contributed by atoms with Gasteiger partial charge in [0.1, 0.15) is 5.60 Å². The number of amides is 2. The van der Waals surface area contributed by atoms with Gasteiger partial charge in [0.05, 0.1) is 6.04 Å². The lowest BCUT2D eigenvalue weighted by molar-refractivity contribution is -0.134. The molecule has 138 valence electrons. The summed E-state index contributed by atoms with van der Waals surface area (Å²) in [4.78, 5) is 28.4. The van der Waals surface area contributed by atoms with Crippen LogP contribution in [0.4, 0.5) is 4.79 Å². The third-order valence-electron chi connectivity index (χ3n) is 4.33. The van der Waals surface area contributed by atoms with Gasteiger partial charge in [-0.3, -0.25) is 9.69 Å². The molecular weight excluding hydrogens is 340 g/mol. The van der Waals surface area contributed by atoms with Crippen molar-refractivity contribution in [2.45, 2.75) is 52.7 Å². The maximum absolute atomic E-state index is 12.7. The molecule has 1 heterocycles. The van der Waals surface area contributed by atoms with E-state index in [2.05, 4.69) is 0 Å². The highest BCUT2D eigenvalue weighted by atomic mass is 35.5. The van der Waals surface area contributed by atoms with Gasteiger partial charge < -0.3 is 9.64 Å². The Balaban J connectivity index is 2.36. The smallest absolute Gasteiger partial charge is 0.410 e. The molecule has 0 saturated carbocycles. The fraction of sp³-hybridized carbons (Fsp3) is 0.579. The van der Waals surface area contributed by atoms with Crippen LogP contribution in [-0.2, 0) is 9.53 Å². The summed E-state index contributed by atoms with van der Waals surface area (Å²) in [7, 11) is 0. The molecule has 25 heavy (non-hydrogen) atoms. The van der Waals surface area contributed by atoms with E-state index in [1.807, 2.05) is 57.7 Å². The molecule has 1 aliphatic rings. The van der Waals surface area contributed by atoms with Crippen LogP contribution < -0.4 is 0 Å². The van der Waals surface area contributed by atoms with Crippen LogP contribution in [0.15, 0.2) is 18.2 Å². The van der Waals surface area contributed by atoms with Crippen molar-refractivity contribution in [3.05, 3.63) is 34.3 Å². The number of halogens is 1. The predicted octanol–water partition coefficient (Wildman–Crippen LogP) is 4.18. The van der Waals surface area contributed by atoms with Crippen molar-refractivity contribution in [2.75, 3.05) is 19.6 Å². The normalized spacial score (nSPS) is 18.2. The monoisotopic (exact) mass is 366 g/mol. The number of hydrogen-bond acceptors (Lipinski definition) is 3. The molecule has 0 spiro atoms. The number of nitrogens with zero attached hydrogens (tertiary/aromatic N) is 2. The van der Waals surface area contributed by atoms with Gasteiger partial charge in [-0.25, -0.2) is 4.79 Å². The molecule has 1 saturated heterocycles. The lowest BCUT2D eigenvalue weighted by Gasteiger charge is -2.42. The van der Waals surface area contributed by atoms with E-state index < -0.39 is 5.60 Å². The molecule has 1 aromatic rings. The summed E-state index contributed by atoms with van der Waals surface area (Å²) in [6, 6.07) is 5.40. The van der Waals surface area contributed by atoms with Crippen LogP contribution in [0.2, 0.25) is 5.02 Å². The van der Waals surface area contributed by atoms with Crippen LogP contribution in [-0.4, -0.2) is 47.0 Å². The van der Waals surface area contributed by atoms with E-state index in [9.17, 15) is 9.59 Å². The molecule has 6 heteroatoms. The second-order valence-corrected chi connectivity index (χ2v) is 7.74. The summed E-state index contributed by atoms with van der Waals surface area (Å²) >= 11 is 6.28. The standard InChI is InChI=1S/C19H27ClN2O3/c1-6-17(23)21-10-11-22(18(24)25-19(3,4)5)16(12-21)14-8-7-9-15(20)13(14)2/h7-9,16H,6,10-12H2,1-5H3. The molecule has 0 radical (unpaired) electrons. The van der Waals surface area contributed by atoms with Gasteiger partial charge in [0.25, 0.3) is 0 Å². The molecule has 2 amide bonds. The fourth-order valence-electron chi connectivity index (χ4n) is 3.02. The Hall–Kier alpha value is -1.75. The van der Waals surface area contributed by atoms with Crippen LogP contribution in [0.5, 0.6) is 0 Å². The zero-order valence-electron chi connectivity index (χ0n) is 15.6. The minimum Gasteiger partial charge on any atom is -0.444 e. The molecule has 1 unspecified atom stereocenters. The minimum absolute atomic E-state index is 0.0912. The van der Waals surface area contributed by atoms with E-state index in [-0.39, 0.29) is 18.0 Å². The third kappa shape index (κ3) is 4.66. The highest BCUT2D eigenvalue weighted by Gasteiger charge is 2.36. The number of benzene rings is 1. The van der Waals surface area contributed by atoms with Crippen molar-refractivity contribution < 1.29 is 14.3 Å². The second kappa shape index (κ2) is 7.65. The molecule has 1 atom stereocenters. The molecule has 0 aliphatic carbocycles. The summed E-state index contributed by atoms with van der Waals surface area (Å²) in [5.74, 6) is 0.0912. The Bertz CT molecular complexity index is 655. The zero-order valence-corrected chi connectivity index (χ0v) is 16.4. The maximum Gasteiger partial charge on any atom is 0.410 e. The molecule has 0 bridgehead atoms. The van der Waals surface area contributed by atoms with Gasteiger partial charge in [0.15, 0.2) is 0 Å². The molecular formula is C19H27ClN2O3. The number of carbonyl (C=O) groups is 2. The van der Waals surface area contributed by atoms with Crippen molar-refractivity contribution in [1.29, 1.82) is 0 Å². The Labute approximate surface area is 154 Å². The Kier molecular flexibility index (Phi) is 5.99. The first-order valence-corrected chi connectivity index (χ1v) is 9.04. The summed E-state index contributed by atoms with van der Waals surface area (Å²) in [6.45, 7) is 10.7. The van der Waals surface area contributed by atoms with E-state index in [4.69, 9.17) is 16.3 Å². The lowest BCUT2D eigenvalue weighted by Crippen LogP contribution is -2.53. The topological polar surface area (TPSA) is 49.9 Å². The van der Waals surface area contributed by atoms with Crippen molar-refractivity contribution >= 4 is 23.6 Å². The summed E-state index contributed by atoms with van der Waals surface area (Å²) < 4.78 is 5.57. The first-order chi connectivity index (χ1) is 11.6. The van der Waals surface area contributed by atoms with Crippen molar-refractivity contribution in [2.24, 2.45) is 0 Å². The van der Waals surface area contributed by atoms with Crippen LogP contribution in [0.1, 0.15) is 51.3 Å². The highest BCUT2D eigenvalue weighted by Crippen LogP contribution is 2.32. The van der Waals surface area contributed by atoms with Gasteiger partial charge in [-0.2, -0.15) is 0 Å². The van der Waals surface area contributed by atoms with Crippen molar-refractivity contribution in [3.63, 3.8) is 0 Å².